The Morgan fingerprint density at radius 1 is 1.04 bits per heavy atom. The van der Waals surface area contributed by atoms with E-state index in [2.05, 4.69) is 15.5 Å². The first kappa shape index (κ1) is 17.8. The molecule has 136 valence electrons. The smallest absolute Gasteiger partial charge is 0.341 e. The fraction of sp³-hybridized carbons (Fsp3) is 0.263. The molecule has 26 heavy (non-hydrogen) atoms. The Hall–Kier alpha value is -3.06. The lowest BCUT2D eigenvalue weighted by Gasteiger charge is -2.29. The molecule has 7 nitrogen and oxygen atoms in total. The van der Waals surface area contributed by atoms with Gasteiger partial charge in [0.15, 0.2) is 6.61 Å². The van der Waals surface area contributed by atoms with Crippen LogP contribution >= 0.6 is 0 Å². The first-order chi connectivity index (χ1) is 12.6. The summed E-state index contributed by atoms with van der Waals surface area (Å²) in [5.41, 5.74) is 2.34. The summed E-state index contributed by atoms with van der Waals surface area (Å²) in [6.45, 7) is 3.49. The Balaban J connectivity index is 1.57. The van der Waals surface area contributed by atoms with Crippen LogP contribution in [0.4, 0.5) is 11.4 Å². The number of amides is 1. The number of carbonyl (C=O) groups excluding carboxylic acids is 1. The van der Waals surface area contributed by atoms with E-state index in [-0.39, 0.29) is 5.91 Å². The van der Waals surface area contributed by atoms with Gasteiger partial charge in [-0.3, -0.25) is 4.79 Å². The topological polar surface area (TPSA) is 90.9 Å². The van der Waals surface area contributed by atoms with Gasteiger partial charge in [0.2, 0.25) is 0 Å². The molecule has 0 radical (unpaired) electrons. The number of rotatable bonds is 6. The highest BCUT2D eigenvalue weighted by molar-refractivity contribution is 6.04. The van der Waals surface area contributed by atoms with E-state index in [0.29, 0.717) is 11.3 Å². The van der Waals surface area contributed by atoms with Crippen molar-refractivity contribution in [2.24, 2.45) is 0 Å². The van der Waals surface area contributed by atoms with Crippen LogP contribution in [0, 0.1) is 0 Å². The predicted octanol–water partition coefficient (Wildman–Crippen LogP) is 1.81. The molecule has 0 aliphatic carbocycles. The molecule has 1 heterocycles. The van der Waals surface area contributed by atoms with Gasteiger partial charge in [0, 0.05) is 43.1 Å². The highest BCUT2D eigenvalue weighted by Gasteiger charge is 2.11. The number of anilines is 2. The predicted molar refractivity (Wildman–Crippen MR) is 99.1 cm³/mol. The summed E-state index contributed by atoms with van der Waals surface area (Å²) >= 11 is 0. The molecule has 1 aliphatic rings. The number of carboxylic acids is 1. The van der Waals surface area contributed by atoms with E-state index in [1.54, 1.807) is 24.3 Å². The molecule has 0 saturated carbocycles. The minimum absolute atomic E-state index is 0.232. The highest BCUT2D eigenvalue weighted by Crippen LogP contribution is 2.19. The fourth-order valence-corrected chi connectivity index (χ4v) is 2.73. The van der Waals surface area contributed by atoms with Crippen molar-refractivity contribution in [3.63, 3.8) is 0 Å². The quantitative estimate of drug-likeness (QED) is 0.732. The SMILES string of the molecule is O=C(O)COc1ccc(C(=O)Nc2ccc(N3CCNCC3)cc2)cc1. The second-order valence-electron chi connectivity index (χ2n) is 5.94. The van der Waals surface area contributed by atoms with Gasteiger partial charge in [-0.1, -0.05) is 0 Å². The molecule has 0 atom stereocenters. The summed E-state index contributed by atoms with van der Waals surface area (Å²) in [5, 5.41) is 14.8. The maximum absolute atomic E-state index is 12.3. The van der Waals surface area contributed by atoms with Gasteiger partial charge in [0.25, 0.3) is 5.91 Å². The standard InChI is InChI=1S/C19H21N3O4/c23-18(24)13-26-17-7-1-14(2-8-17)19(25)21-15-3-5-16(6-4-15)22-11-9-20-10-12-22/h1-8,20H,9-13H2,(H,21,25)(H,23,24). The maximum atomic E-state index is 12.3. The fourth-order valence-electron chi connectivity index (χ4n) is 2.73. The summed E-state index contributed by atoms with van der Waals surface area (Å²) in [6, 6.07) is 14.1. The first-order valence-electron chi connectivity index (χ1n) is 8.43. The van der Waals surface area contributed by atoms with Gasteiger partial charge in [-0.2, -0.15) is 0 Å². The summed E-state index contributed by atoms with van der Waals surface area (Å²) in [6.07, 6.45) is 0. The largest absolute Gasteiger partial charge is 0.482 e. The molecular weight excluding hydrogens is 334 g/mol. The van der Waals surface area contributed by atoms with E-state index >= 15 is 0 Å². The Labute approximate surface area is 151 Å². The van der Waals surface area contributed by atoms with Crippen LogP contribution in [0.3, 0.4) is 0 Å². The lowest BCUT2D eigenvalue weighted by Crippen LogP contribution is -2.43. The number of nitrogens with zero attached hydrogens (tertiary/aromatic N) is 1. The number of hydrogen-bond acceptors (Lipinski definition) is 5. The minimum atomic E-state index is -1.05. The number of ether oxygens (including phenoxy) is 1. The van der Waals surface area contributed by atoms with Gasteiger partial charge in [-0.15, -0.1) is 0 Å². The van der Waals surface area contributed by atoms with E-state index in [4.69, 9.17) is 9.84 Å². The van der Waals surface area contributed by atoms with Crippen molar-refractivity contribution >= 4 is 23.3 Å². The zero-order chi connectivity index (χ0) is 18.4. The van der Waals surface area contributed by atoms with E-state index in [0.717, 1.165) is 37.6 Å². The number of carboxylic acid groups (broad SMARTS) is 1. The van der Waals surface area contributed by atoms with Crippen LogP contribution in [0.5, 0.6) is 5.75 Å². The van der Waals surface area contributed by atoms with Gasteiger partial charge in [0.1, 0.15) is 5.75 Å². The summed E-state index contributed by atoms with van der Waals surface area (Å²) in [7, 11) is 0. The molecule has 1 aliphatic heterocycles. The second kappa shape index (κ2) is 8.35. The van der Waals surface area contributed by atoms with Crippen LogP contribution in [0.15, 0.2) is 48.5 Å². The normalized spacial score (nSPS) is 13.9. The van der Waals surface area contributed by atoms with E-state index in [9.17, 15) is 9.59 Å². The zero-order valence-corrected chi connectivity index (χ0v) is 14.3. The first-order valence-corrected chi connectivity index (χ1v) is 8.43. The van der Waals surface area contributed by atoms with Gasteiger partial charge in [-0.25, -0.2) is 4.79 Å². The molecule has 2 aromatic carbocycles. The van der Waals surface area contributed by atoms with Gasteiger partial charge >= 0.3 is 5.97 Å². The number of nitrogens with one attached hydrogen (secondary N) is 2. The summed E-state index contributed by atoms with van der Waals surface area (Å²) < 4.78 is 5.05. The third-order valence-corrected chi connectivity index (χ3v) is 4.09. The molecule has 0 aromatic heterocycles. The Kier molecular flexibility index (Phi) is 5.70. The number of aliphatic carboxylic acids is 1. The van der Waals surface area contributed by atoms with E-state index in [1.165, 1.54) is 0 Å². The number of benzene rings is 2. The lowest BCUT2D eigenvalue weighted by molar-refractivity contribution is -0.139. The van der Waals surface area contributed by atoms with Crippen molar-refractivity contribution in [3.05, 3.63) is 54.1 Å². The van der Waals surface area contributed by atoms with Crippen molar-refractivity contribution in [1.82, 2.24) is 5.32 Å². The van der Waals surface area contributed by atoms with Crippen LogP contribution < -0.4 is 20.3 Å². The molecule has 0 unspecified atom stereocenters. The molecule has 1 saturated heterocycles. The van der Waals surface area contributed by atoms with Crippen molar-refractivity contribution in [3.8, 4) is 5.75 Å². The van der Waals surface area contributed by atoms with Crippen molar-refractivity contribution in [2.45, 2.75) is 0 Å². The highest BCUT2D eigenvalue weighted by atomic mass is 16.5. The summed E-state index contributed by atoms with van der Waals surface area (Å²) in [4.78, 5) is 25.1. The molecule has 1 amide bonds. The average Bonchev–Trinajstić information content (AvgIpc) is 2.68. The monoisotopic (exact) mass is 355 g/mol. The van der Waals surface area contributed by atoms with Crippen molar-refractivity contribution < 1.29 is 19.4 Å². The van der Waals surface area contributed by atoms with Gasteiger partial charge in [0.05, 0.1) is 0 Å². The zero-order valence-electron chi connectivity index (χ0n) is 14.3. The Morgan fingerprint density at radius 3 is 2.31 bits per heavy atom. The summed E-state index contributed by atoms with van der Waals surface area (Å²) in [5.74, 6) is -0.870. The minimum Gasteiger partial charge on any atom is -0.482 e. The number of piperazine rings is 1. The second-order valence-corrected chi connectivity index (χ2v) is 5.94. The number of carbonyl (C=O) groups is 2. The van der Waals surface area contributed by atoms with Crippen molar-refractivity contribution in [2.75, 3.05) is 43.0 Å². The third-order valence-electron chi connectivity index (χ3n) is 4.09. The molecule has 7 heteroatoms. The van der Waals surface area contributed by atoms with Crippen LogP contribution in [-0.2, 0) is 4.79 Å². The van der Waals surface area contributed by atoms with Gasteiger partial charge < -0.3 is 25.4 Å². The third kappa shape index (κ3) is 4.73. The molecule has 2 aromatic rings. The number of hydrogen-bond donors (Lipinski definition) is 3. The molecular formula is C19H21N3O4. The van der Waals surface area contributed by atoms with E-state index in [1.807, 2.05) is 24.3 Å². The Bertz CT molecular complexity index is 753. The van der Waals surface area contributed by atoms with Gasteiger partial charge in [-0.05, 0) is 48.5 Å². The molecule has 3 N–H and O–H groups in total. The molecule has 0 bridgehead atoms. The van der Waals surface area contributed by atoms with E-state index < -0.39 is 12.6 Å². The molecule has 3 rings (SSSR count). The maximum Gasteiger partial charge on any atom is 0.341 e. The van der Waals surface area contributed by atoms with Crippen LogP contribution in [0.1, 0.15) is 10.4 Å². The molecule has 0 spiro atoms. The molecule has 1 fully saturated rings. The lowest BCUT2D eigenvalue weighted by atomic mass is 10.2. The van der Waals surface area contributed by atoms with Crippen LogP contribution in [0.25, 0.3) is 0 Å². The average molecular weight is 355 g/mol. The Morgan fingerprint density at radius 2 is 1.69 bits per heavy atom. The van der Waals surface area contributed by atoms with Crippen LogP contribution in [0.2, 0.25) is 0 Å². The van der Waals surface area contributed by atoms with Crippen molar-refractivity contribution in [1.29, 1.82) is 0 Å². The van der Waals surface area contributed by atoms with Crippen LogP contribution in [-0.4, -0.2) is 49.8 Å².